The normalized spacial score (nSPS) is 16.8. The van der Waals surface area contributed by atoms with Crippen LogP contribution in [0.5, 0.6) is 0 Å². The Kier molecular flexibility index (Phi) is 3.67. The van der Waals surface area contributed by atoms with Crippen LogP contribution in [-0.2, 0) is 0 Å². The Morgan fingerprint density at radius 2 is 2.16 bits per heavy atom. The van der Waals surface area contributed by atoms with Gasteiger partial charge in [0.15, 0.2) is 0 Å². The molecule has 1 aliphatic rings. The van der Waals surface area contributed by atoms with Gasteiger partial charge < -0.3 is 10.4 Å². The fourth-order valence-electron chi connectivity index (χ4n) is 2.52. The number of nitrogens with zero attached hydrogens (tertiary/aromatic N) is 2. The number of nitrogens with one attached hydrogen (secondary N) is 1. The minimum atomic E-state index is -0.511. The zero-order chi connectivity index (χ0) is 13.9. The van der Waals surface area contributed by atoms with E-state index in [0.717, 1.165) is 25.7 Å². The molecule has 6 nitrogen and oxygen atoms in total. The zero-order valence-corrected chi connectivity index (χ0v) is 10.4. The van der Waals surface area contributed by atoms with E-state index in [-0.39, 0.29) is 17.9 Å². The molecule has 1 aliphatic carbocycles. The SMILES string of the molecule is N#Cc1ccc(NC2(CO)CCCC2)c([N+](=O)[O-])c1. The van der Waals surface area contributed by atoms with Crippen LogP contribution < -0.4 is 5.32 Å². The maximum atomic E-state index is 11.1. The molecule has 1 aromatic carbocycles. The maximum Gasteiger partial charge on any atom is 0.293 e. The summed E-state index contributed by atoms with van der Waals surface area (Å²) in [6.45, 7) is -0.0514. The predicted octanol–water partition coefficient (Wildman–Crippen LogP) is 2.18. The summed E-state index contributed by atoms with van der Waals surface area (Å²) in [5.74, 6) is 0. The highest BCUT2D eigenvalue weighted by Gasteiger charge is 2.34. The maximum absolute atomic E-state index is 11.1. The molecule has 100 valence electrons. The van der Waals surface area contributed by atoms with Gasteiger partial charge in [0.05, 0.1) is 28.7 Å². The van der Waals surface area contributed by atoms with Gasteiger partial charge in [-0.1, -0.05) is 12.8 Å². The summed E-state index contributed by atoms with van der Waals surface area (Å²) in [6.07, 6.45) is 3.58. The van der Waals surface area contributed by atoms with Crippen molar-refractivity contribution in [1.29, 1.82) is 5.26 Å². The van der Waals surface area contributed by atoms with E-state index in [1.807, 2.05) is 6.07 Å². The number of nitriles is 1. The molecule has 1 saturated carbocycles. The van der Waals surface area contributed by atoms with E-state index in [1.54, 1.807) is 0 Å². The van der Waals surface area contributed by atoms with Crippen LogP contribution >= 0.6 is 0 Å². The smallest absolute Gasteiger partial charge is 0.293 e. The highest BCUT2D eigenvalue weighted by Crippen LogP contribution is 2.36. The summed E-state index contributed by atoms with van der Waals surface area (Å²) in [5, 5.41) is 32.5. The van der Waals surface area contributed by atoms with Crippen molar-refractivity contribution in [3.63, 3.8) is 0 Å². The van der Waals surface area contributed by atoms with Crippen LogP contribution in [0.3, 0.4) is 0 Å². The second-order valence-electron chi connectivity index (χ2n) is 4.87. The summed E-state index contributed by atoms with van der Waals surface area (Å²) in [7, 11) is 0. The predicted molar refractivity (Wildman–Crippen MR) is 69.7 cm³/mol. The first-order valence-electron chi connectivity index (χ1n) is 6.18. The van der Waals surface area contributed by atoms with Crippen LogP contribution in [0.1, 0.15) is 31.2 Å². The van der Waals surface area contributed by atoms with Crippen LogP contribution in [0, 0.1) is 21.4 Å². The average molecular weight is 261 g/mol. The molecule has 19 heavy (non-hydrogen) atoms. The fourth-order valence-corrected chi connectivity index (χ4v) is 2.52. The Labute approximate surface area is 110 Å². The number of anilines is 1. The number of benzene rings is 1. The Bertz CT molecular complexity index is 530. The van der Waals surface area contributed by atoms with Gasteiger partial charge in [0.2, 0.25) is 0 Å². The minimum Gasteiger partial charge on any atom is -0.394 e. The molecule has 0 atom stereocenters. The molecular weight excluding hydrogens is 246 g/mol. The van der Waals surface area contributed by atoms with Crippen LogP contribution in [0.15, 0.2) is 18.2 Å². The van der Waals surface area contributed by atoms with Crippen molar-refractivity contribution < 1.29 is 10.0 Å². The third kappa shape index (κ3) is 2.66. The second-order valence-corrected chi connectivity index (χ2v) is 4.87. The Balaban J connectivity index is 2.34. The highest BCUT2D eigenvalue weighted by atomic mass is 16.6. The van der Waals surface area contributed by atoms with Crippen LogP contribution in [0.25, 0.3) is 0 Å². The number of hydrogen-bond acceptors (Lipinski definition) is 5. The Morgan fingerprint density at radius 1 is 1.47 bits per heavy atom. The largest absolute Gasteiger partial charge is 0.394 e. The first-order chi connectivity index (χ1) is 9.10. The summed E-state index contributed by atoms with van der Waals surface area (Å²) in [5.41, 5.74) is 0.0132. The summed E-state index contributed by atoms with van der Waals surface area (Å²) in [6, 6.07) is 6.21. The van der Waals surface area contributed by atoms with E-state index >= 15 is 0 Å². The van der Waals surface area contributed by atoms with Crippen molar-refractivity contribution in [2.24, 2.45) is 0 Å². The summed E-state index contributed by atoms with van der Waals surface area (Å²) in [4.78, 5) is 10.5. The monoisotopic (exact) mass is 261 g/mol. The van der Waals surface area contributed by atoms with E-state index in [1.165, 1.54) is 18.2 Å². The van der Waals surface area contributed by atoms with Crippen LogP contribution in [0.4, 0.5) is 11.4 Å². The zero-order valence-electron chi connectivity index (χ0n) is 10.4. The molecule has 2 N–H and O–H groups in total. The van der Waals surface area contributed by atoms with Gasteiger partial charge in [0.1, 0.15) is 5.69 Å². The Morgan fingerprint density at radius 3 is 2.68 bits per heavy atom. The molecule has 0 unspecified atom stereocenters. The third-order valence-corrected chi connectivity index (χ3v) is 3.59. The molecular formula is C13H15N3O3. The van der Waals surface area contributed by atoms with Gasteiger partial charge in [-0.25, -0.2) is 0 Å². The van der Waals surface area contributed by atoms with Gasteiger partial charge >= 0.3 is 0 Å². The molecule has 6 heteroatoms. The molecule has 0 amide bonds. The van der Waals surface area contributed by atoms with Crippen molar-refractivity contribution in [2.45, 2.75) is 31.2 Å². The fraction of sp³-hybridized carbons (Fsp3) is 0.462. The molecule has 0 radical (unpaired) electrons. The Hall–Kier alpha value is -2.13. The molecule has 0 heterocycles. The van der Waals surface area contributed by atoms with Crippen molar-refractivity contribution in [2.75, 3.05) is 11.9 Å². The lowest BCUT2D eigenvalue weighted by atomic mass is 9.98. The number of aliphatic hydroxyl groups excluding tert-OH is 1. The molecule has 0 spiro atoms. The third-order valence-electron chi connectivity index (χ3n) is 3.59. The van der Waals surface area contributed by atoms with Crippen molar-refractivity contribution in [3.05, 3.63) is 33.9 Å². The topological polar surface area (TPSA) is 99.2 Å². The molecule has 0 saturated heterocycles. The van der Waals surface area contributed by atoms with Crippen molar-refractivity contribution in [3.8, 4) is 6.07 Å². The van der Waals surface area contributed by atoms with Crippen molar-refractivity contribution >= 4 is 11.4 Å². The number of rotatable bonds is 4. The first-order valence-corrected chi connectivity index (χ1v) is 6.18. The minimum absolute atomic E-state index is 0.0514. The standard InChI is InChI=1S/C13H15N3O3/c14-8-10-3-4-11(12(7-10)16(18)19)15-13(9-17)5-1-2-6-13/h3-4,7,15,17H,1-2,5-6,9H2. The number of hydrogen-bond donors (Lipinski definition) is 2. The van der Waals surface area contributed by atoms with E-state index in [9.17, 15) is 15.2 Å². The number of nitro groups is 1. The van der Waals surface area contributed by atoms with Gasteiger partial charge in [-0.3, -0.25) is 10.1 Å². The number of aliphatic hydroxyl groups is 1. The van der Waals surface area contributed by atoms with Gasteiger partial charge in [-0.2, -0.15) is 5.26 Å². The second kappa shape index (κ2) is 5.24. The lowest BCUT2D eigenvalue weighted by Gasteiger charge is -2.29. The van der Waals surface area contributed by atoms with E-state index in [4.69, 9.17) is 5.26 Å². The van der Waals surface area contributed by atoms with E-state index in [2.05, 4.69) is 5.32 Å². The lowest BCUT2D eigenvalue weighted by Crippen LogP contribution is -2.39. The van der Waals surface area contributed by atoms with Gasteiger partial charge in [0, 0.05) is 6.07 Å². The van der Waals surface area contributed by atoms with E-state index < -0.39 is 10.5 Å². The van der Waals surface area contributed by atoms with Gasteiger partial charge in [-0.15, -0.1) is 0 Å². The molecule has 0 aromatic heterocycles. The van der Waals surface area contributed by atoms with Crippen molar-refractivity contribution in [1.82, 2.24) is 0 Å². The summed E-state index contributed by atoms with van der Waals surface area (Å²) >= 11 is 0. The molecule has 2 rings (SSSR count). The molecule has 1 fully saturated rings. The average Bonchev–Trinajstić information content (AvgIpc) is 2.88. The quantitative estimate of drug-likeness (QED) is 0.639. The first kappa shape index (κ1) is 13.3. The highest BCUT2D eigenvalue weighted by molar-refractivity contribution is 5.65. The number of nitro benzene ring substituents is 1. The summed E-state index contributed by atoms with van der Waals surface area (Å²) < 4.78 is 0. The molecule has 1 aromatic rings. The van der Waals surface area contributed by atoms with Gasteiger partial charge in [0.25, 0.3) is 5.69 Å². The van der Waals surface area contributed by atoms with E-state index in [0.29, 0.717) is 5.69 Å². The molecule has 0 bridgehead atoms. The van der Waals surface area contributed by atoms with Crippen LogP contribution in [-0.4, -0.2) is 22.2 Å². The lowest BCUT2D eigenvalue weighted by molar-refractivity contribution is -0.384. The van der Waals surface area contributed by atoms with Crippen LogP contribution in [0.2, 0.25) is 0 Å². The van der Waals surface area contributed by atoms with Gasteiger partial charge in [-0.05, 0) is 25.0 Å². The molecule has 0 aliphatic heterocycles.